The Morgan fingerprint density at radius 3 is 2.32 bits per heavy atom. The summed E-state index contributed by atoms with van der Waals surface area (Å²) in [5.41, 5.74) is 1.78. The Kier molecular flexibility index (Phi) is 8.21. The van der Waals surface area contributed by atoms with E-state index in [0.29, 0.717) is 23.9 Å². The van der Waals surface area contributed by atoms with Crippen molar-refractivity contribution < 1.29 is 19.7 Å². The summed E-state index contributed by atoms with van der Waals surface area (Å²) in [6.45, 7) is 7.39. The number of carbonyl (C=O) groups is 1. The van der Waals surface area contributed by atoms with Crippen LogP contribution in [0.1, 0.15) is 96.1 Å². The highest BCUT2D eigenvalue weighted by Crippen LogP contribution is 2.43. The third kappa shape index (κ3) is 7.37. The lowest BCUT2D eigenvalue weighted by molar-refractivity contribution is -0.135. The summed E-state index contributed by atoms with van der Waals surface area (Å²) in [7, 11) is 0. The van der Waals surface area contributed by atoms with E-state index in [-0.39, 0.29) is 17.1 Å². The number of hydrogen-bond donors (Lipinski definition) is 2. The second-order valence-electron chi connectivity index (χ2n) is 9.65. The van der Waals surface area contributed by atoms with Crippen LogP contribution in [0.15, 0.2) is 12.1 Å². The molecule has 158 valence electrons. The minimum absolute atomic E-state index is 0.178. The van der Waals surface area contributed by atoms with E-state index >= 15 is 0 Å². The van der Waals surface area contributed by atoms with Crippen molar-refractivity contribution in [3.05, 3.63) is 23.3 Å². The van der Waals surface area contributed by atoms with Crippen LogP contribution < -0.4 is 0 Å². The summed E-state index contributed by atoms with van der Waals surface area (Å²) < 4.78 is 5.17. The first-order valence-electron chi connectivity index (χ1n) is 10.9. The topological polar surface area (TPSA) is 66.8 Å². The molecule has 0 aliphatic heterocycles. The van der Waals surface area contributed by atoms with E-state index in [1.807, 2.05) is 6.07 Å². The predicted molar refractivity (Wildman–Crippen MR) is 113 cm³/mol. The van der Waals surface area contributed by atoms with E-state index in [2.05, 4.69) is 20.8 Å². The average molecular weight is 391 g/mol. The van der Waals surface area contributed by atoms with Crippen LogP contribution in [0.25, 0.3) is 0 Å². The highest BCUT2D eigenvalue weighted by atomic mass is 16.5. The molecule has 1 fully saturated rings. The normalized spacial score (nSPS) is 15.4. The summed E-state index contributed by atoms with van der Waals surface area (Å²) >= 11 is 0. The standard InChI is InChI=1S/C24H38O4/c1-23(2,3)14-8-5-4-6-10-19-12-13-21(26)20(22(19)27)11-7-9-15-24(16-17-24)28-18-25/h12-13,18,26-27H,4-11,14-17H2,1-3H3. The molecule has 2 rings (SSSR count). The van der Waals surface area contributed by atoms with Crippen molar-refractivity contribution in [2.75, 3.05) is 0 Å². The first-order chi connectivity index (χ1) is 13.3. The molecule has 1 aromatic rings. The van der Waals surface area contributed by atoms with Crippen molar-refractivity contribution in [3.8, 4) is 11.5 Å². The molecule has 28 heavy (non-hydrogen) atoms. The lowest BCUT2D eigenvalue weighted by Crippen LogP contribution is -2.12. The molecule has 0 radical (unpaired) electrons. The Morgan fingerprint density at radius 2 is 1.68 bits per heavy atom. The number of unbranched alkanes of at least 4 members (excludes halogenated alkanes) is 4. The van der Waals surface area contributed by atoms with Crippen molar-refractivity contribution in [2.24, 2.45) is 5.41 Å². The van der Waals surface area contributed by atoms with Gasteiger partial charge in [-0.1, -0.05) is 46.1 Å². The number of aryl methyl sites for hydroxylation is 1. The van der Waals surface area contributed by atoms with Gasteiger partial charge >= 0.3 is 0 Å². The van der Waals surface area contributed by atoms with Gasteiger partial charge in [-0.15, -0.1) is 0 Å². The van der Waals surface area contributed by atoms with Crippen molar-refractivity contribution in [3.63, 3.8) is 0 Å². The SMILES string of the molecule is CC(C)(C)CCCCCCc1ccc(O)c(CCCCC2(OC=O)CC2)c1O. The smallest absolute Gasteiger partial charge is 0.293 e. The molecule has 0 unspecified atom stereocenters. The first kappa shape index (κ1) is 22.6. The lowest BCUT2D eigenvalue weighted by Gasteiger charge is -2.17. The van der Waals surface area contributed by atoms with Gasteiger partial charge in [0.05, 0.1) is 0 Å². The molecule has 0 bridgehead atoms. The molecule has 2 N–H and O–H groups in total. The summed E-state index contributed by atoms with van der Waals surface area (Å²) in [4.78, 5) is 10.5. The zero-order valence-electron chi connectivity index (χ0n) is 17.9. The molecule has 0 spiro atoms. The van der Waals surface area contributed by atoms with E-state index < -0.39 is 0 Å². The number of aromatic hydroxyl groups is 2. The minimum atomic E-state index is -0.222. The molecule has 0 aromatic heterocycles. The van der Waals surface area contributed by atoms with Crippen LogP contribution in [0.3, 0.4) is 0 Å². The van der Waals surface area contributed by atoms with Crippen molar-refractivity contribution >= 4 is 6.47 Å². The molecule has 0 saturated heterocycles. The van der Waals surface area contributed by atoms with Gasteiger partial charge in [0.1, 0.15) is 17.1 Å². The summed E-state index contributed by atoms with van der Waals surface area (Å²) in [5, 5.41) is 20.8. The molecule has 1 saturated carbocycles. The number of ether oxygens (including phenoxy) is 1. The van der Waals surface area contributed by atoms with E-state index in [1.54, 1.807) is 6.07 Å². The molecule has 0 amide bonds. The Hall–Kier alpha value is -1.71. The van der Waals surface area contributed by atoms with Crippen LogP contribution in [0.4, 0.5) is 0 Å². The van der Waals surface area contributed by atoms with Crippen LogP contribution in [0.2, 0.25) is 0 Å². The van der Waals surface area contributed by atoms with Crippen molar-refractivity contribution in [1.82, 2.24) is 0 Å². The van der Waals surface area contributed by atoms with Gasteiger partial charge in [-0.3, -0.25) is 4.79 Å². The number of carbonyl (C=O) groups excluding carboxylic acids is 1. The molecule has 1 aliphatic rings. The third-order valence-electron chi connectivity index (χ3n) is 5.88. The van der Waals surface area contributed by atoms with Gasteiger partial charge in [-0.25, -0.2) is 0 Å². The van der Waals surface area contributed by atoms with Crippen molar-refractivity contribution in [2.45, 2.75) is 103 Å². The van der Waals surface area contributed by atoms with Crippen molar-refractivity contribution in [1.29, 1.82) is 0 Å². The van der Waals surface area contributed by atoms with E-state index in [0.717, 1.165) is 50.5 Å². The Balaban J connectivity index is 1.75. The predicted octanol–water partition coefficient (Wildman–Crippen LogP) is 6.06. The van der Waals surface area contributed by atoms with Gasteiger partial charge in [-0.05, 0) is 74.8 Å². The number of phenols is 2. The van der Waals surface area contributed by atoms with Gasteiger partial charge in [0.25, 0.3) is 6.47 Å². The largest absolute Gasteiger partial charge is 0.508 e. The number of rotatable bonds is 13. The second kappa shape index (κ2) is 10.2. The van der Waals surface area contributed by atoms with Gasteiger partial charge in [0.15, 0.2) is 0 Å². The van der Waals surface area contributed by atoms with Crippen LogP contribution in [0, 0.1) is 5.41 Å². The summed E-state index contributed by atoms with van der Waals surface area (Å²) in [6, 6.07) is 3.56. The van der Waals surface area contributed by atoms with Crippen LogP contribution in [-0.4, -0.2) is 22.3 Å². The minimum Gasteiger partial charge on any atom is -0.508 e. The van der Waals surface area contributed by atoms with E-state index in [4.69, 9.17) is 4.74 Å². The van der Waals surface area contributed by atoms with Crippen LogP contribution in [-0.2, 0) is 22.4 Å². The molecule has 4 nitrogen and oxygen atoms in total. The number of benzene rings is 1. The summed E-state index contributed by atoms with van der Waals surface area (Å²) in [5.74, 6) is 0.441. The fourth-order valence-corrected chi connectivity index (χ4v) is 3.86. The molecular weight excluding hydrogens is 352 g/mol. The van der Waals surface area contributed by atoms with E-state index in [1.165, 1.54) is 25.7 Å². The first-order valence-corrected chi connectivity index (χ1v) is 10.9. The Labute approximate surface area is 170 Å². The van der Waals surface area contributed by atoms with Gasteiger partial charge in [0, 0.05) is 5.56 Å². The Bertz CT molecular complexity index is 626. The maximum absolute atomic E-state index is 10.6. The quantitative estimate of drug-likeness (QED) is 0.317. The molecule has 1 aromatic carbocycles. The lowest BCUT2D eigenvalue weighted by atomic mass is 9.89. The van der Waals surface area contributed by atoms with Gasteiger partial charge in [0.2, 0.25) is 0 Å². The molecule has 4 heteroatoms. The zero-order chi connectivity index (χ0) is 20.6. The monoisotopic (exact) mass is 390 g/mol. The highest BCUT2D eigenvalue weighted by Gasteiger charge is 2.44. The van der Waals surface area contributed by atoms with E-state index in [9.17, 15) is 15.0 Å². The number of hydrogen-bond acceptors (Lipinski definition) is 4. The average Bonchev–Trinajstić information content (AvgIpc) is 3.38. The molecule has 0 atom stereocenters. The van der Waals surface area contributed by atoms with Crippen LogP contribution >= 0.6 is 0 Å². The Morgan fingerprint density at radius 1 is 1.00 bits per heavy atom. The maximum Gasteiger partial charge on any atom is 0.293 e. The van der Waals surface area contributed by atoms with Gasteiger partial charge in [-0.2, -0.15) is 0 Å². The summed E-state index contributed by atoms with van der Waals surface area (Å²) in [6.07, 6.45) is 12.0. The zero-order valence-corrected chi connectivity index (χ0v) is 17.9. The molecule has 1 aliphatic carbocycles. The fraction of sp³-hybridized carbons (Fsp3) is 0.708. The third-order valence-corrected chi connectivity index (χ3v) is 5.88. The number of phenolic OH excluding ortho intramolecular Hbond substituents is 2. The maximum atomic E-state index is 10.6. The highest BCUT2D eigenvalue weighted by molar-refractivity contribution is 5.48. The van der Waals surface area contributed by atoms with Gasteiger partial charge < -0.3 is 14.9 Å². The fourth-order valence-electron chi connectivity index (χ4n) is 3.86. The molecular formula is C24H38O4. The molecule has 0 heterocycles. The second-order valence-corrected chi connectivity index (χ2v) is 9.65. The van der Waals surface area contributed by atoms with Crippen LogP contribution in [0.5, 0.6) is 11.5 Å².